The Hall–Kier alpha value is -0.450. The molecule has 3 nitrogen and oxygen atoms in total. The van der Waals surface area contributed by atoms with Crippen molar-refractivity contribution in [3.8, 4) is 0 Å². The molecular formula is C14H25N3S. The third-order valence-corrected chi connectivity index (χ3v) is 4.65. The van der Waals surface area contributed by atoms with Crippen LogP contribution in [-0.4, -0.2) is 30.7 Å². The zero-order chi connectivity index (χ0) is 12.6. The molecule has 18 heavy (non-hydrogen) atoms. The lowest BCUT2D eigenvalue weighted by Crippen LogP contribution is -2.34. The zero-order valence-electron chi connectivity index (χ0n) is 11.3. The molecule has 2 heterocycles. The third-order valence-electron chi connectivity index (χ3n) is 3.64. The van der Waals surface area contributed by atoms with E-state index in [0.717, 1.165) is 19.1 Å². The lowest BCUT2D eigenvalue weighted by Gasteiger charge is -2.23. The molecule has 102 valence electrons. The largest absolute Gasteiger partial charge is 0.316 e. The Balaban J connectivity index is 1.50. The first kappa shape index (κ1) is 14.0. The average molecular weight is 267 g/mol. The van der Waals surface area contributed by atoms with Crippen LogP contribution in [0.4, 0.5) is 0 Å². The van der Waals surface area contributed by atoms with Gasteiger partial charge in [-0.3, -0.25) is 0 Å². The second kappa shape index (κ2) is 7.87. The molecule has 0 saturated carbocycles. The van der Waals surface area contributed by atoms with E-state index < -0.39 is 0 Å². The molecule has 2 unspecified atom stereocenters. The molecule has 0 aromatic carbocycles. The summed E-state index contributed by atoms with van der Waals surface area (Å²) in [4.78, 5) is 4.36. The summed E-state index contributed by atoms with van der Waals surface area (Å²) < 4.78 is 0. The normalized spacial score (nSPS) is 21.9. The standard InChI is InChI=1S/C14H25N3S/c1-12(14-17-9-10-18-14)11-15-7-4-6-13-5-2-3-8-16-13/h9-10,12-13,15-16H,2-8,11H2,1H3. The summed E-state index contributed by atoms with van der Waals surface area (Å²) in [5.41, 5.74) is 0. The van der Waals surface area contributed by atoms with Crippen LogP contribution in [0.1, 0.15) is 50.0 Å². The molecule has 4 heteroatoms. The van der Waals surface area contributed by atoms with E-state index in [4.69, 9.17) is 0 Å². The molecule has 2 atom stereocenters. The average Bonchev–Trinajstić information content (AvgIpc) is 2.93. The molecule has 0 amide bonds. The van der Waals surface area contributed by atoms with Gasteiger partial charge in [0.15, 0.2) is 0 Å². The van der Waals surface area contributed by atoms with Crippen molar-refractivity contribution >= 4 is 11.3 Å². The molecule has 2 N–H and O–H groups in total. The summed E-state index contributed by atoms with van der Waals surface area (Å²) in [5, 5.41) is 10.5. The van der Waals surface area contributed by atoms with E-state index in [1.165, 1.54) is 43.7 Å². The van der Waals surface area contributed by atoms with Crippen LogP contribution < -0.4 is 10.6 Å². The van der Waals surface area contributed by atoms with Crippen LogP contribution in [0.25, 0.3) is 0 Å². The van der Waals surface area contributed by atoms with Crippen LogP contribution in [0, 0.1) is 0 Å². The first-order chi connectivity index (χ1) is 8.86. The van der Waals surface area contributed by atoms with Gasteiger partial charge in [-0.2, -0.15) is 0 Å². The highest BCUT2D eigenvalue weighted by molar-refractivity contribution is 7.09. The Morgan fingerprint density at radius 3 is 3.22 bits per heavy atom. The van der Waals surface area contributed by atoms with Gasteiger partial charge in [0.1, 0.15) is 0 Å². The maximum atomic E-state index is 4.36. The van der Waals surface area contributed by atoms with Crippen molar-refractivity contribution in [2.45, 2.75) is 51.0 Å². The van der Waals surface area contributed by atoms with E-state index in [2.05, 4.69) is 27.9 Å². The molecule has 0 radical (unpaired) electrons. The summed E-state index contributed by atoms with van der Waals surface area (Å²) in [6, 6.07) is 0.775. The van der Waals surface area contributed by atoms with Crippen LogP contribution in [0.5, 0.6) is 0 Å². The second-order valence-electron chi connectivity index (χ2n) is 5.26. The number of nitrogens with zero attached hydrogens (tertiary/aromatic N) is 1. The van der Waals surface area contributed by atoms with E-state index in [1.54, 1.807) is 11.3 Å². The minimum absolute atomic E-state index is 0.540. The van der Waals surface area contributed by atoms with E-state index in [9.17, 15) is 0 Å². The Kier molecular flexibility index (Phi) is 6.11. The van der Waals surface area contributed by atoms with E-state index in [-0.39, 0.29) is 0 Å². The van der Waals surface area contributed by atoms with Gasteiger partial charge < -0.3 is 10.6 Å². The number of hydrogen-bond acceptors (Lipinski definition) is 4. The van der Waals surface area contributed by atoms with Crippen LogP contribution in [-0.2, 0) is 0 Å². The van der Waals surface area contributed by atoms with E-state index in [0.29, 0.717) is 5.92 Å². The minimum Gasteiger partial charge on any atom is -0.316 e. The molecule has 0 aliphatic carbocycles. The van der Waals surface area contributed by atoms with Gasteiger partial charge in [-0.05, 0) is 38.8 Å². The van der Waals surface area contributed by atoms with Crippen molar-refractivity contribution in [1.82, 2.24) is 15.6 Å². The number of thiazole rings is 1. The summed E-state index contributed by atoms with van der Waals surface area (Å²) in [6.45, 7) is 5.65. The molecule has 0 bridgehead atoms. The maximum Gasteiger partial charge on any atom is 0.0965 e. The Labute approximate surface area is 114 Å². The topological polar surface area (TPSA) is 37.0 Å². The molecule has 2 rings (SSSR count). The monoisotopic (exact) mass is 267 g/mol. The van der Waals surface area contributed by atoms with Crippen molar-refractivity contribution in [3.05, 3.63) is 16.6 Å². The van der Waals surface area contributed by atoms with Gasteiger partial charge in [0, 0.05) is 30.1 Å². The Morgan fingerprint density at radius 2 is 2.50 bits per heavy atom. The number of piperidine rings is 1. The number of hydrogen-bond donors (Lipinski definition) is 2. The van der Waals surface area contributed by atoms with Gasteiger partial charge in [0.2, 0.25) is 0 Å². The summed E-state index contributed by atoms with van der Waals surface area (Å²) in [6.07, 6.45) is 8.63. The van der Waals surface area contributed by atoms with Crippen LogP contribution in [0.15, 0.2) is 11.6 Å². The van der Waals surface area contributed by atoms with E-state index in [1.807, 2.05) is 6.20 Å². The Morgan fingerprint density at radius 1 is 1.56 bits per heavy atom. The predicted octanol–water partition coefficient (Wildman–Crippen LogP) is 2.76. The lowest BCUT2D eigenvalue weighted by atomic mass is 10.0. The minimum atomic E-state index is 0.540. The number of nitrogens with one attached hydrogen (secondary N) is 2. The van der Waals surface area contributed by atoms with Gasteiger partial charge >= 0.3 is 0 Å². The highest BCUT2D eigenvalue weighted by atomic mass is 32.1. The first-order valence-electron chi connectivity index (χ1n) is 7.20. The molecule has 1 aromatic heterocycles. The lowest BCUT2D eigenvalue weighted by molar-refractivity contribution is 0.372. The highest BCUT2D eigenvalue weighted by Gasteiger charge is 2.11. The fraction of sp³-hybridized carbons (Fsp3) is 0.786. The third kappa shape index (κ3) is 4.67. The summed E-state index contributed by atoms with van der Waals surface area (Å²) in [5.74, 6) is 0.540. The molecule has 1 saturated heterocycles. The van der Waals surface area contributed by atoms with Crippen molar-refractivity contribution in [2.24, 2.45) is 0 Å². The van der Waals surface area contributed by atoms with Crippen molar-refractivity contribution in [1.29, 1.82) is 0 Å². The quantitative estimate of drug-likeness (QED) is 0.746. The van der Waals surface area contributed by atoms with Gasteiger partial charge in [-0.15, -0.1) is 11.3 Å². The maximum absolute atomic E-state index is 4.36. The summed E-state index contributed by atoms with van der Waals surface area (Å²) >= 11 is 1.76. The van der Waals surface area contributed by atoms with Crippen LogP contribution >= 0.6 is 11.3 Å². The van der Waals surface area contributed by atoms with Crippen molar-refractivity contribution < 1.29 is 0 Å². The Bertz CT molecular complexity index is 307. The van der Waals surface area contributed by atoms with E-state index >= 15 is 0 Å². The molecule has 0 spiro atoms. The summed E-state index contributed by atoms with van der Waals surface area (Å²) in [7, 11) is 0. The van der Waals surface area contributed by atoms with Gasteiger partial charge in [0.25, 0.3) is 0 Å². The second-order valence-corrected chi connectivity index (χ2v) is 6.19. The molecular weight excluding hydrogens is 242 g/mol. The van der Waals surface area contributed by atoms with Crippen LogP contribution in [0.3, 0.4) is 0 Å². The SMILES string of the molecule is CC(CNCCCC1CCCCN1)c1nccs1. The van der Waals surface area contributed by atoms with Gasteiger partial charge in [0.05, 0.1) is 5.01 Å². The molecule has 1 aliphatic rings. The van der Waals surface area contributed by atoms with Gasteiger partial charge in [-0.1, -0.05) is 13.3 Å². The number of aromatic nitrogens is 1. The van der Waals surface area contributed by atoms with Crippen molar-refractivity contribution in [2.75, 3.05) is 19.6 Å². The first-order valence-corrected chi connectivity index (χ1v) is 8.07. The number of rotatable bonds is 7. The zero-order valence-corrected chi connectivity index (χ0v) is 12.1. The molecule has 1 fully saturated rings. The highest BCUT2D eigenvalue weighted by Crippen LogP contribution is 2.16. The molecule has 1 aromatic rings. The molecule has 1 aliphatic heterocycles. The fourth-order valence-electron chi connectivity index (χ4n) is 2.53. The fourth-order valence-corrected chi connectivity index (χ4v) is 3.23. The van der Waals surface area contributed by atoms with Crippen LogP contribution in [0.2, 0.25) is 0 Å². The predicted molar refractivity (Wildman–Crippen MR) is 78.3 cm³/mol. The smallest absolute Gasteiger partial charge is 0.0965 e. The van der Waals surface area contributed by atoms with Gasteiger partial charge in [-0.25, -0.2) is 4.98 Å². The van der Waals surface area contributed by atoms with Crippen molar-refractivity contribution in [3.63, 3.8) is 0 Å².